The van der Waals surface area contributed by atoms with Crippen LogP contribution in [0.5, 0.6) is 11.5 Å². The summed E-state index contributed by atoms with van der Waals surface area (Å²) in [5.41, 5.74) is -0.180. The zero-order valence-electron chi connectivity index (χ0n) is 16.8. The van der Waals surface area contributed by atoms with Gasteiger partial charge in [-0.05, 0) is 36.4 Å². The van der Waals surface area contributed by atoms with Gasteiger partial charge in [0.05, 0.1) is 16.2 Å². The molecule has 33 heavy (non-hydrogen) atoms. The van der Waals surface area contributed by atoms with Crippen LogP contribution in [-0.2, 0) is 14.3 Å². The molecule has 172 valence electrons. The Bertz CT molecular complexity index is 1090. The van der Waals surface area contributed by atoms with Gasteiger partial charge in [-0.1, -0.05) is 23.4 Å². The quantitative estimate of drug-likeness (QED) is 0.316. The number of thioether (sulfide) groups is 1. The molecule has 3 amide bonds. The van der Waals surface area contributed by atoms with Crippen molar-refractivity contribution in [2.45, 2.75) is 0 Å². The molecule has 1 aliphatic rings. The summed E-state index contributed by atoms with van der Waals surface area (Å²) in [6, 6.07) is 9.54. The molecule has 1 N–H and O–H groups in total. The van der Waals surface area contributed by atoms with Crippen LogP contribution in [-0.4, -0.2) is 58.3 Å². The van der Waals surface area contributed by atoms with E-state index in [1.54, 1.807) is 0 Å². The smallest absolute Gasteiger partial charge is 0.338 e. The molecule has 1 heterocycles. The topological polar surface area (TPSA) is 145 Å². The summed E-state index contributed by atoms with van der Waals surface area (Å²) in [5.74, 6) is -1.37. The molecule has 1 saturated heterocycles. The molecular weight excluding hydrogens is 478 g/mol. The molecule has 2 aromatic rings. The van der Waals surface area contributed by atoms with E-state index in [0.29, 0.717) is 0 Å². The van der Waals surface area contributed by atoms with E-state index >= 15 is 0 Å². The van der Waals surface area contributed by atoms with Gasteiger partial charge in [-0.25, -0.2) is 4.79 Å². The Labute approximate surface area is 196 Å². The highest BCUT2D eigenvalue weighted by atomic mass is 35.5. The van der Waals surface area contributed by atoms with Crippen LogP contribution in [0.4, 0.5) is 10.5 Å². The predicted molar refractivity (Wildman–Crippen MR) is 117 cm³/mol. The maximum atomic E-state index is 12.1. The Morgan fingerprint density at radius 3 is 2.55 bits per heavy atom. The number of imide groups is 1. The van der Waals surface area contributed by atoms with Gasteiger partial charge in [0, 0.05) is 24.2 Å². The van der Waals surface area contributed by atoms with Gasteiger partial charge in [0.15, 0.2) is 6.61 Å². The van der Waals surface area contributed by atoms with Crippen LogP contribution in [0.1, 0.15) is 10.4 Å². The highest BCUT2D eigenvalue weighted by molar-refractivity contribution is 8.14. The van der Waals surface area contributed by atoms with Crippen LogP contribution < -0.4 is 10.1 Å². The van der Waals surface area contributed by atoms with Crippen LogP contribution in [0, 0.1) is 10.1 Å². The van der Waals surface area contributed by atoms with Gasteiger partial charge < -0.3 is 14.8 Å². The van der Waals surface area contributed by atoms with Crippen molar-refractivity contribution in [3.8, 4) is 11.5 Å². The van der Waals surface area contributed by atoms with Crippen molar-refractivity contribution in [3.05, 3.63) is 63.2 Å². The van der Waals surface area contributed by atoms with Crippen LogP contribution in [0.25, 0.3) is 0 Å². The molecular formula is C20H16ClN3O8S. The number of carbonyl (C=O) groups excluding carboxylic acids is 4. The second-order valence-corrected chi connectivity index (χ2v) is 7.88. The Balaban J connectivity index is 1.47. The monoisotopic (exact) mass is 493 g/mol. The Morgan fingerprint density at radius 1 is 1.18 bits per heavy atom. The minimum Gasteiger partial charge on any atom is -0.452 e. The van der Waals surface area contributed by atoms with Crippen LogP contribution in [0.2, 0.25) is 5.02 Å². The molecule has 0 aromatic heterocycles. The van der Waals surface area contributed by atoms with E-state index in [2.05, 4.69) is 5.32 Å². The van der Waals surface area contributed by atoms with Gasteiger partial charge in [0.25, 0.3) is 11.1 Å². The molecule has 3 rings (SSSR count). The van der Waals surface area contributed by atoms with Crippen LogP contribution in [0.15, 0.2) is 42.5 Å². The highest BCUT2D eigenvalue weighted by Gasteiger charge is 2.29. The molecule has 2 aromatic carbocycles. The van der Waals surface area contributed by atoms with Gasteiger partial charge in [0.1, 0.15) is 5.75 Å². The lowest BCUT2D eigenvalue weighted by atomic mass is 10.2. The number of esters is 1. The number of nitro groups is 1. The van der Waals surface area contributed by atoms with E-state index in [-0.39, 0.29) is 57.8 Å². The van der Waals surface area contributed by atoms with Crippen molar-refractivity contribution in [2.24, 2.45) is 0 Å². The first-order chi connectivity index (χ1) is 15.7. The summed E-state index contributed by atoms with van der Waals surface area (Å²) in [6.45, 7) is -0.473. The first-order valence-corrected chi connectivity index (χ1v) is 10.7. The molecule has 11 nitrogen and oxygen atoms in total. The zero-order valence-corrected chi connectivity index (χ0v) is 18.4. The van der Waals surface area contributed by atoms with E-state index in [9.17, 15) is 29.3 Å². The van der Waals surface area contributed by atoms with Crippen molar-refractivity contribution >= 4 is 52.1 Å². The second kappa shape index (κ2) is 10.8. The molecule has 1 fully saturated rings. The molecule has 0 unspecified atom stereocenters. The summed E-state index contributed by atoms with van der Waals surface area (Å²) in [7, 11) is 0. The number of nitrogens with one attached hydrogen (secondary N) is 1. The maximum absolute atomic E-state index is 12.1. The lowest BCUT2D eigenvalue weighted by Gasteiger charge is -2.13. The number of benzene rings is 2. The molecule has 0 saturated carbocycles. The standard InChI is InChI=1S/C20H16ClN3O8S/c21-13-3-6-16(15(9-13)24(29)30)32-14-4-1-12(2-5-14)19(27)31-10-17(25)22-7-8-23-18(26)11-33-20(23)28/h1-6,9H,7-8,10-11H2,(H,22,25). The Morgan fingerprint density at radius 2 is 1.91 bits per heavy atom. The highest BCUT2D eigenvalue weighted by Crippen LogP contribution is 2.33. The molecule has 13 heteroatoms. The molecule has 0 radical (unpaired) electrons. The second-order valence-electron chi connectivity index (χ2n) is 6.52. The van der Waals surface area contributed by atoms with Gasteiger partial charge >= 0.3 is 11.7 Å². The molecule has 0 spiro atoms. The fraction of sp³-hybridized carbons (Fsp3) is 0.200. The largest absolute Gasteiger partial charge is 0.452 e. The fourth-order valence-electron chi connectivity index (χ4n) is 2.68. The summed E-state index contributed by atoms with van der Waals surface area (Å²) in [6.07, 6.45) is 0. The average Bonchev–Trinajstić information content (AvgIpc) is 3.11. The lowest BCUT2D eigenvalue weighted by molar-refractivity contribution is -0.385. The SMILES string of the molecule is O=C(COC(=O)c1ccc(Oc2ccc(Cl)cc2[N+](=O)[O-])cc1)NCCN1C(=O)CSC1=O. The normalized spacial score (nSPS) is 13.1. The summed E-state index contributed by atoms with van der Waals surface area (Å²) in [5, 5.41) is 13.4. The van der Waals surface area contributed by atoms with E-state index in [4.69, 9.17) is 21.1 Å². The third kappa shape index (κ3) is 6.43. The summed E-state index contributed by atoms with van der Waals surface area (Å²) < 4.78 is 10.4. The van der Waals surface area contributed by atoms with E-state index in [1.807, 2.05) is 0 Å². The number of ether oxygens (including phenoxy) is 2. The van der Waals surface area contributed by atoms with Crippen molar-refractivity contribution in [3.63, 3.8) is 0 Å². The number of hydrogen-bond donors (Lipinski definition) is 1. The lowest BCUT2D eigenvalue weighted by Crippen LogP contribution is -2.38. The minimum atomic E-state index is -0.768. The summed E-state index contributed by atoms with van der Waals surface area (Å²) in [4.78, 5) is 58.4. The summed E-state index contributed by atoms with van der Waals surface area (Å²) >= 11 is 6.67. The van der Waals surface area contributed by atoms with Crippen molar-refractivity contribution in [1.29, 1.82) is 0 Å². The van der Waals surface area contributed by atoms with Gasteiger partial charge in [-0.3, -0.25) is 29.4 Å². The number of nitrogens with zero attached hydrogens (tertiary/aromatic N) is 2. The molecule has 1 aliphatic heterocycles. The Hall–Kier alpha value is -3.64. The number of amides is 3. The number of halogens is 1. The number of nitro benzene ring substituents is 1. The van der Waals surface area contributed by atoms with E-state index < -0.39 is 23.4 Å². The number of hydrogen-bond acceptors (Lipinski definition) is 9. The van der Waals surface area contributed by atoms with Crippen LogP contribution >= 0.6 is 23.4 Å². The van der Waals surface area contributed by atoms with Crippen molar-refractivity contribution in [2.75, 3.05) is 25.4 Å². The minimum absolute atomic E-state index is 0.0210. The number of carbonyl (C=O) groups is 4. The van der Waals surface area contributed by atoms with E-state index in [0.717, 1.165) is 22.7 Å². The van der Waals surface area contributed by atoms with Gasteiger partial charge in [0.2, 0.25) is 11.7 Å². The molecule has 0 bridgehead atoms. The van der Waals surface area contributed by atoms with Crippen molar-refractivity contribution < 1.29 is 33.6 Å². The fourth-order valence-corrected chi connectivity index (χ4v) is 3.59. The van der Waals surface area contributed by atoms with Crippen molar-refractivity contribution in [1.82, 2.24) is 10.2 Å². The van der Waals surface area contributed by atoms with Gasteiger partial charge in [-0.15, -0.1) is 0 Å². The third-order valence-electron chi connectivity index (χ3n) is 4.27. The Kier molecular flexibility index (Phi) is 7.85. The number of rotatable bonds is 9. The molecule has 0 atom stereocenters. The predicted octanol–water partition coefficient (Wildman–Crippen LogP) is 3.01. The average molecular weight is 494 g/mol. The van der Waals surface area contributed by atoms with E-state index in [1.165, 1.54) is 36.4 Å². The first-order valence-electron chi connectivity index (χ1n) is 9.37. The van der Waals surface area contributed by atoms with Gasteiger partial charge in [-0.2, -0.15) is 0 Å². The molecule has 0 aliphatic carbocycles. The maximum Gasteiger partial charge on any atom is 0.338 e. The zero-order chi connectivity index (χ0) is 24.0. The first kappa shape index (κ1) is 24.0. The third-order valence-corrected chi connectivity index (χ3v) is 5.36. The van der Waals surface area contributed by atoms with Crippen LogP contribution in [0.3, 0.4) is 0 Å².